The average Bonchev–Trinajstić information content (AvgIpc) is 3.34. The van der Waals surface area contributed by atoms with Gasteiger partial charge in [0.05, 0.1) is 6.04 Å². The molecule has 132 valence electrons. The summed E-state index contributed by atoms with van der Waals surface area (Å²) in [6.45, 7) is 1.88. The average molecular weight is 349 g/mol. The Kier molecular flexibility index (Phi) is 3.55. The first-order chi connectivity index (χ1) is 12.8. The number of carbonyl (C=O) groups is 1. The Morgan fingerprint density at radius 1 is 1.12 bits per heavy atom. The molecule has 1 amide bonds. The summed E-state index contributed by atoms with van der Waals surface area (Å²) >= 11 is 0. The zero-order valence-electron chi connectivity index (χ0n) is 14.3. The number of carbonyl (C=O) groups excluding carboxylic acids is 1. The van der Waals surface area contributed by atoms with Gasteiger partial charge in [-0.1, -0.05) is 12.1 Å². The summed E-state index contributed by atoms with van der Waals surface area (Å²) in [5.74, 6) is 1.52. The number of fused-ring (bicyclic) bond motifs is 2. The smallest absolute Gasteiger partial charge is 0.274 e. The molecule has 6 nitrogen and oxygen atoms in total. The van der Waals surface area contributed by atoms with Gasteiger partial charge in [-0.15, -0.1) is 0 Å². The number of hydrogen-bond donors (Lipinski definition) is 0. The summed E-state index contributed by atoms with van der Waals surface area (Å²) in [6.07, 6.45) is 5.63. The fraction of sp³-hybridized carbons (Fsp3) is 0.300. The van der Waals surface area contributed by atoms with Crippen molar-refractivity contribution >= 4 is 11.6 Å². The van der Waals surface area contributed by atoms with Crippen molar-refractivity contribution in [2.24, 2.45) is 0 Å². The van der Waals surface area contributed by atoms with Gasteiger partial charge in [0.2, 0.25) is 0 Å². The van der Waals surface area contributed by atoms with Crippen molar-refractivity contribution in [2.45, 2.75) is 18.9 Å². The lowest BCUT2D eigenvalue weighted by atomic mass is 10.0. The highest BCUT2D eigenvalue weighted by Crippen LogP contribution is 2.38. The minimum Gasteiger partial charge on any atom is -0.486 e. The number of imidazole rings is 1. The molecule has 0 aliphatic carbocycles. The number of aromatic nitrogens is 2. The van der Waals surface area contributed by atoms with Crippen molar-refractivity contribution in [1.29, 1.82) is 0 Å². The van der Waals surface area contributed by atoms with Crippen LogP contribution in [0.15, 0.2) is 48.8 Å². The molecule has 1 fully saturated rings. The maximum absolute atomic E-state index is 13.1. The number of pyridine rings is 1. The third-order valence-electron chi connectivity index (χ3n) is 5.05. The van der Waals surface area contributed by atoms with Gasteiger partial charge in [-0.05, 0) is 42.7 Å². The monoisotopic (exact) mass is 349 g/mol. The molecule has 2 aliphatic rings. The van der Waals surface area contributed by atoms with E-state index in [1.54, 1.807) is 6.20 Å². The third-order valence-corrected chi connectivity index (χ3v) is 5.05. The Hall–Kier alpha value is -3.02. The number of benzene rings is 1. The number of hydrogen-bond acceptors (Lipinski definition) is 4. The minimum absolute atomic E-state index is 0.0221. The quantitative estimate of drug-likeness (QED) is 0.713. The molecule has 0 radical (unpaired) electrons. The number of rotatable bonds is 2. The second-order valence-electron chi connectivity index (χ2n) is 6.65. The number of likely N-dealkylation sites (tertiary alicyclic amines) is 1. The Morgan fingerprint density at radius 2 is 2.00 bits per heavy atom. The van der Waals surface area contributed by atoms with E-state index < -0.39 is 0 Å². The van der Waals surface area contributed by atoms with Crippen LogP contribution in [-0.2, 0) is 0 Å². The van der Waals surface area contributed by atoms with E-state index >= 15 is 0 Å². The first-order valence-electron chi connectivity index (χ1n) is 8.94. The van der Waals surface area contributed by atoms with Crippen LogP contribution >= 0.6 is 0 Å². The van der Waals surface area contributed by atoms with Gasteiger partial charge in [0, 0.05) is 18.9 Å². The van der Waals surface area contributed by atoms with E-state index in [9.17, 15) is 4.79 Å². The first kappa shape index (κ1) is 15.3. The maximum atomic E-state index is 13.1. The molecule has 1 aromatic carbocycles. The van der Waals surface area contributed by atoms with Crippen LogP contribution in [0.25, 0.3) is 5.65 Å². The molecule has 3 aromatic rings. The van der Waals surface area contributed by atoms with Crippen LogP contribution in [0.4, 0.5) is 0 Å². The van der Waals surface area contributed by atoms with Crippen molar-refractivity contribution < 1.29 is 14.3 Å². The number of nitrogens with zero attached hydrogens (tertiary/aromatic N) is 3. The highest BCUT2D eigenvalue weighted by molar-refractivity contribution is 5.93. The van der Waals surface area contributed by atoms with Crippen molar-refractivity contribution in [3.8, 4) is 11.5 Å². The largest absolute Gasteiger partial charge is 0.486 e. The standard InChI is InChI=1S/C20H19N3O3/c24-20(15-13-22-8-2-1-5-19(22)21-15)23-9-3-4-16(23)14-6-7-17-18(12-14)26-11-10-25-17/h1-2,5-8,12-13,16H,3-4,9-11H2. The summed E-state index contributed by atoms with van der Waals surface area (Å²) in [5, 5.41) is 0. The van der Waals surface area contributed by atoms with Gasteiger partial charge in [-0.2, -0.15) is 0 Å². The minimum atomic E-state index is -0.0221. The summed E-state index contributed by atoms with van der Waals surface area (Å²) in [6, 6.07) is 11.8. The van der Waals surface area contributed by atoms with Crippen molar-refractivity contribution in [2.75, 3.05) is 19.8 Å². The zero-order chi connectivity index (χ0) is 17.5. The SMILES string of the molecule is O=C(c1cn2ccccc2n1)N1CCCC1c1ccc2c(c1)OCCO2. The Morgan fingerprint density at radius 3 is 2.88 bits per heavy atom. The predicted octanol–water partition coefficient (Wildman–Crippen LogP) is 3.08. The van der Waals surface area contributed by atoms with Gasteiger partial charge in [-0.25, -0.2) is 4.98 Å². The highest BCUT2D eigenvalue weighted by Gasteiger charge is 2.32. The normalized spacial score (nSPS) is 19.1. The van der Waals surface area contributed by atoms with E-state index in [0.717, 1.165) is 42.1 Å². The second-order valence-corrected chi connectivity index (χ2v) is 6.65. The van der Waals surface area contributed by atoms with Crippen molar-refractivity contribution in [3.05, 3.63) is 60.0 Å². The molecule has 26 heavy (non-hydrogen) atoms. The van der Waals surface area contributed by atoms with Gasteiger partial charge in [-0.3, -0.25) is 4.79 Å². The first-order valence-corrected chi connectivity index (χ1v) is 8.94. The molecule has 5 rings (SSSR count). The third kappa shape index (κ3) is 2.49. The van der Waals surface area contributed by atoms with Crippen molar-refractivity contribution in [3.63, 3.8) is 0 Å². The van der Waals surface area contributed by atoms with Crippen LogP contribution in [0, 0.1) is 0 Å². The van der Waals surface area contributed by atoms with E-state index in [-0.39, 0.29) is 11.9 Å². The molecule has 2 aliphatic heterocycles. The fourth-order valence-corrected chi connectivity index (χ4v) is 3.81. The van der Waals surface area contributed by atoms with Crippen LogP contribution in [0.2, 0.25) is 0 Å². The lowest BCUT2D eigenvalue weighted by Crippen LogP contribution is -2.31. The second kappa shape index (κ2) is 6.05. The fourth-order valence-electron chi connectivity index (χ4n) is 3.81. The molecule has 1 unspecified atom stereocenters. The Labute approximate surface area is 151 Å². The van der Waals surface area contributed by atoms with Crippen LogP contribution < -0.4 is 9.47 Å². The lowest BCUT2D eigenvalue weighted by Gasteiger charge is -2.26. The molecule has 0 N–H and O–H groups in total. The van der Waals surface area contributed by atoms with Crippen LogP contribution in [0.1, 0.15) is 34.9 Å². The van der Waals surface area contributed by atoms with E-state index in [2.05, 4.69) is 4.98 Å². The number of amides is 1. The van der Waals surface area contributed by atoms with Crippen molar-refractivity contribution in [1.82, 2.24) is 14.3 Å². The van der Waals surface area contributed by atoms with E-state index in [1.807, 2.05) is 51.9 Å². The molecular weight excluding hydrogens is 330 g/mol. The molecular formula is C20H19N3O3. The molecule has 1 atom stereocenters. The predicted molar refractivity (Wildman–Crippen MR) is 95.6 cm³/mol. The Balaban J connectivity index is 1.45. The summed E-state index contributed by atoms with van der Waals surface area (Å²) < 4.78 is 13.2. The molecule has 6 heteroatoms. The Bertz CT molecular complexity index is 948. The maximum Gasteiger partial charge on any atom is 0.274 e. The zero-order valence-corrected chi connectivity index (χ0v) is 14.3. The molecule has 0 saturated carbocycles. The van der Waals surface area contributed by atoms with Gasteiger partial charge in [0.25, 0.3) is 5.91 Å². The summed E-state index contributed by atoms with van der Waals surface area (Å²) in [7, 11) is 0. The van der Waals surface area contributed by atoms with Crippen LogP contribution in [0.5, 0.6) is 11.5 Å². The molecule has 0 bridgehead atoms. The topological polar surface area (TPSA) is 56.1 Å². The van der Waals surface area contributed by atoms with Crippen LogP contribution in [-0.4, -0.2) is 40.0 Å². The molecule has 4 heterocycles. The van der Waals surface area contributed by atoms with Crippen LogP contribution in [0.3, 0.4) is 0 Å². The van der Waals surface area contributed by atoms with Gasteiger partial charge >= 0.3 is 0 Å². The molecule has 1 saturated heterocycles. The van der Waals surface area contributed by atoms with E-state index in [0.29, 0.717) is 18.9 Å². The van der Waals surface area contributed by atoms with Gasteiger partial charge < -0.3 is 18.8 Å². The number of ether oxygens (including phenoxy) is 2. The molecule has 2 aromatic heterocycles. The summed E-state index contributed by atoms with van der Waals surface area (Å²) in [4.78, 5) is 19.5. The lowest BCUT2D eigenvalue weighted by molar-refractivity contribution is 0.0730. The summed E-state index contributed by atoms with van der Waals surface area (Å²) in [5.41, 5.74) is 2.36. The van der Waals surface area contributed by atoms with E-state index in [4.69, 9.17) is 9.47 Å². The van der Waals surface area contributed by atoms with Gasteiger partial charge in [0.1, 0.15) is 24.6 Å². The van der Waals surface area contributed by atoms with E-state index in [1.165, 1.54) is 0 Å². The molecule has 0 spiro atoms. The highest BCUT2D eigenvalue weighted by atomic mass is 16.6. The van der Waals surface area contributed by atoms with Gasteiger partial charge in [0.15, 0.2) is 11.5 Å².